The van der Waals surface area contributed by atoms with Crippen molar-refractivity contribution in [3.8, 4) is 0 Å². The number of hydrogen-bond acceptors (Lipinski definition) is 24. The van der Waals surface area contributed by atoms with Crippen LogP contribution in [0.1, 0.15) is 217 Å². The Labute approximate surface area is 755 Å². The standard InChI is InChI=1S/C84H139N23O23/c1-41(2)28-54(97-75(120)55(29-42(3)4)101-81(126)68(46(11)12)105-73(118)53(22-25-67(113)114)95-71(116)51(18-15-16-26-85)94-65(110)38-91-70(115)50(86)20-24-66(111)112)74(119)98-56(30-43(5)6)79(124)106-69(47(13)14)82(127)102-58(34-49-37-90-40-93-49)76(121)100-59(35-64(88)109)78(123)103-60(31-44(7)8)83(128)107-27-17-19-62(107)80(125)96-52(21-23-63(87)108)72(117)99-57(33-48-36-89-39-92-48)77(122)104-61(84(129)130)32-45(9)10/h36-37,39-47,50-62,68-69H,15-35,38,85-86H2,1-14H3,(H2,87,108)(H2,88,109)(H,89,92)(H,90,93)(H,91,115)(H,94,110)(H,95,116)(H,96,125)(H,97,120)(H,98,119)(H,99,117)(H,100,121)(H,101,126)(H,102,127)(H,103,123)(H,104,122)(H,105,118)(H,106,124)(H,111,112)(H,113,114)(H,129,130)/t50-,51-,52-,53-,54-,55-,56-,57-,58-,59-,60-,61-,62-,68-,69-/m0/s1. The van der Waals surface area contributed by atoms with Crippen LogP contribution in [0.5, 0.6) is 0 Å². The van der Waals surface area contributed by atoms with Crippen LogP contribution < -0.4 is 97.4 Å². The molecule has 1 aliphatic rings. The fourth-order valence-corrected chi connectivity index (χ4v) is 14.1. The van der Waals surface area contributed by atoms with Crippen molar-refractivity contribution in [3.05, 3.63) is 36.4 Å². The van der Waals surface area contributed by atoms with Gasteiger partial charge in [-0.3, -0.25) is 91.1 Å². The van der Waals surface area contributed by atoms with Crippen LogP contribution in [0.2, 0.25) is 0 Å². The molecule has 1 aliphatic heterocycles. The Morgan fingerprint density at radius 2 is 0.769 bits per heavy atom. The summed E-state index contributed by atoms with van der Waals surface area (Å²) in [6.45, 7) is 23.1. The summed E-state index contributed by atoms with van der Waals surface area (Å²) in [7, 11) is 0. The summed E-state index contributed by atoms with van der Waals surface area (Å²) in [5, 5.41) is 64.5. The number of unbranched alkanes of at least 4 members (excludes halogenated alkanes) is 1. The van der Waals surface area contributed by atoms with Crippen LogP contribution in [0.3, 0.4) is 0 Å². The number of amides is 17. The van der Waals surface area contributed by atoms with Crippen molar-refractivity contribution in [2.75, 3.05) is 19.6 Å². The number of hydrogen-bond donors (Lipinski definition) is 23. The first-order chi connectivity index (χ1) is 60.9. The van der Waals surface area contributed by atoms with E-state index in [1.165, 1.54) is 29.9 Å². The smallest absolute Gasteiger partial charge is 0.326 e. The molecule has 15 atom stereocenters. The first-order valence-electron chi connectivity index (χ1n) is 44.1. The normalized spacial score (nSPS) is 15.8. The number of imidazole rings is 2. The van der Waals surface area contributed by atoms with Crippen molar-refractivity contribution in [1.29, 1.82) is 0 Å². The number of nitrogens with zero attached hydrogens (tertiary/aromatic N) is 3. The van der Waals surface area contributed by atoms with Gasteiger partial charge in [-0.25, -0.2) is 14.8 Å². The van der Waals surface area contributed by atoms with Crippen molar-refractivity contribution >= 4 is 118 Å². The Balaban J connectivity index is 1.92. The number of nitrogens with one attached hydrogen (secondary N) is 16. The molecule has 0 radical (unpaired) electrons. The SMILES string of the molecule is CC(C)C[C@H](NC(=O)[C@H](Cc1cnc[nH]1)NC(=O)[C@H](CCC(N)=O)NC(=O)[C@@H]1CCCN1C(=O)[C@H](CC(C)C)NC(=O)[C@H](CC(N)=O)NC(=O)[C@H](Cc1cnc[nH]1)NC(=O)[C@@H](NC(=O)[C@H](CC(C)C)NC(=O)[C@H](CC(C)C)NC(=O)[C@H](CC(C)C)NC(=O)[C@@H](NC(=O)[C@H](CCC(=O)O)NC(=O)[C@H](CCCCN)NC(=O)CNC(=O)[C@@H](N)CCC(=O)O)C(C)C)C(C)C)C(=O)O. The van der Waals surface area contributed by atoms with Crippen molar-refractivity contribution in [2.45, 2.75) is 310 Å². The Kier molecular flexibility index (Phi) is 48.4. The molecule has 728 valence electrons. The maximum absolute atomic E-state index is 14.9. The minimum atomic E-state index is -1.85. The molecule has 0 aliphatic carbocycles. The number of aromatic amines is 2. The number of likely N-dealkylation sites (tertiary alicyclic amines) is 1. The minimum absolute atomic E-state index is 0.0297. The van der Waals surface area contributed by atoms with Crippen LogP contribution in [-0.2, 0) is 109 Å². The average Bonchev–Trinajstić information content (AvgIpc) is 1.67. The zero-order valence-corrected chi connectivity index (χ0v) is 76.7. The van der Waals surface area contributed by atoms with Crippen LogP contribution in [-0.4, -0.2) is 269 Å². The lowest BCUT2D eigenvalue weighted by Crippen LogP contribution is -2.62. The largest absolute Gasteiger partial charge is 0.481 e. The Bertz CT molecular complexity index is 4140. The molecule has 1 fully saturated rings. The highest BCUT2D eigenvalue weighted by atomic mass is 16.4. The lowest BCUT2D eigenvalue weighted by atomic mass is 9.97. The molecule has 1 saturated heterocycles. The summed E-state index contributed by atoms with van der Waals surface area (Å²) in [6.07, 6.45) is 1.88. The number of carbonyl (C=O) groups excluding carboxylic acids is 17. The van der Waals surface area contributed by atoms with Gasteiger partial charge in [-0.15, -0.1) is 0 Å². The average molecular weight is 1840 g/mol. The first-order valence-corrected chi connectivity index (χ1v) is 44.1. The van der Waals surface area contributed by atoms with Crippen molar-refractivity contribution in [3.63, 3.8) is 0 Å². The summed E-state index contributed by atoms with van der Waals surface area (Å²) < 4.78 is 0. The topological polar surface area (TPSA) is 735 Å². The van der Waals surface area contributed by atoms with E-state index in [1.807, 2.05) is 0 Å². The molecule has 0 bridgehead atoms. The number of primary amides is 2. The molecule has 2 aromatic rings. The molecule has 17 amide bonds. The van der Waals surface area contributed by atoms with Gasteiger partial charge in [-0.2, -0.15) is 0 Å². The minimum Gasteiger partial charge on any atom is -0.481 e. The summed E-state index contributed by atoms with van der Waals surface area (Å²) in [5.41, 5.74) is 23.3. The zero-order chi connectivity index (χ0) is 98.1. The predicted molar refractivity (Wildman–Crippen MR) is 469 cm³/mol. The summed E-state index contributed by atoms with van der Waals surface area (Å²) >= 11 is 0. The molecule has 0 spiro atoms. The molecule has 130 heavy (non-hydrogen) atoms. The summed E-state index contributed by atoms with van der Waals surface area (Å²) in [6, 6.07) is -22.1. The number of carboxylic acids is 3. The van der Waals surface area contributed by atoms with E-state index in [9.17, 15) is 106 Å². The molecule has 0 aromatic carbocycles. The van der Waals surface area contributed by atoms with Crippen LogP contribution in [0.4, 0.5) is 0 Å². The van der Waals surface area contributed by atoms with Gasteiger partial charge in [0, 0.05) is 62.4 Å². The van der Waals surface area contributed by atoms with Crippen molar-refractivity contribution in [1.82, 2.24) is 99.3 Å². The van der Waals surface area contributed by atoms with E-state index in [1.54, 1.807) is 96.9 Å². The number of carboxylic acid groups (broad SMARTS) is 3. The fraction of sp³-hybridized carbons (Fsp3) is 0.690. The van der Waals surface area contributed by atoms with E-state index in [-0.39, 0.29) is 125 Å². The van der Waals surface area contributed by atoms with Crippen LogP contribution in [0.15, 0.2) is 25.0 Å². The molecule has 46 heteroatoms. The number of carbonyl (C=O) groups is 20. The Hall–Kier alpha value is -12.3. The number of aliphatic carboxylic acids is 3. The van der Waals surface area contributed by atoms with Crippen LogP contribution >= 0.6 is 0 Å². The van der Waals surface area contributed by atoms with Crippen LogP contribution in [0.25, 0.3) is 0 Å². The number of aromatic nitrogens is 4. The second-order valence-corrected chi connectivity index (χ2v) is 35.6. The highest BCUT2D eigenvalue weighted by Gasteiger charge is 2.43. The second kappa shape index (κ2) is 56.2. The van der Waals surface area contributed by atoms with E-state index in [4.69, 9.17) is 28.0 Å². The molecule has 3 heterocycles. The van der Waals surface area contributed by atoms with Crippen molar-refractivity contribution < 1.29 is 111 Å². The van der Waals surface area contributed by atoms with E-state index in [0.29, 0.717) is 12.1 Å². The van der Waals surface area contributed by atoms with Gasteiger partial charge in [0.15, 0.2) is 0 Å². The lowest BCUT2D eigenvalue weighted by molar-refractivity contribution is -0.143. The summed E-state index contributed by atoms with van der Waals surface area (Å²) in [5.74, 6) is -22.8. The quantitative estimate of drug-likeness (QED) is 0.0283. The van der Waals surface area contributed by atoms with Gasteiger partial charge in [0.2, 0.25) is 100 Å². The molecule has 0 saturated carbocycles. The fourth-order valence-electron chi connectivity index (χ4n) is 14.1. The molecule has 46 nitrogen and oxygen atoms in total. The molecular formula is C84H139N23O23. The first kappa shape index (κ1) is 112. The van der Waals surface area contributed by atoms with Crippen LogP contribution in [0, 0.1) is 41.4 Å². The van der Waals surface area contributed by atoms with Gasteiger partial charge in [0.1, 0.15) is 84.6 Å². The van der Waals surface area contributed by atoms with Gasteiger partial charge < -0.3 is 128 Å². The third-order valence-electron chi connectivity index (χ3n) is 20.9. The second-order valence-electron chi connectivity index (χ2n) is 35.6. The summed E-state index contributed by atoms with van der Waals surface area (Å²) in [4.78, 5) is 289. The van der Waals surface area contributed by atoms with E-state index < -0.39 is 266 Å². The maximum Gasteiger partial charge on any atom is 0.326 e. The predicted octanol–water partition coefficient (Wildman–Crippen LogP) is -3.72. The Morgan fingerprint density at radius 1 is 0.408 bits per heavy atom. The number of rotatable bonds is 61. The molecule has 27 N–H and O–H groups in total. The van der Waals surface area contributed by atoms with Gasteiger partial charge in [-0.05, 0) is 131 Å². The van der Waals surface area contributed by atoms with Gasteiger partial charge in [0.05, 0.1) is 31.7 Å². The third-order valence-corrected chi connectivity index (χ3v) is 20.9. The highest BCUT2D eigenvalue weighted by Crippen LogP contribution is 2.23. The number of H-pyrrole nitrogens is 2. The van der Waals surface area contributed by atoms with Crippen molar-refractivity contribution in [2.24, 2.45) is 64.4 Å². The maximum atomic E-state index is 14.9. The van der Waals surface area contributed by atoms with E-state index >= 15 is 0 Å². The Morgan fingerprint density at radius 3 is 1.20 bits per heavy atom. The zero-order valence-electron chi connectivity index (χ0n) is 76.7. The number of nitrogens with two attached hydrogens (primary N) is 4. The van der Waals surface area contributed by atoms with E-state index in [2.05, 4.69) is 94.4 Å². The third kappa shape index (κ3) is 41.0. The molecule has 3 rings (SSSR count). The van der Waals surface area contributed by atoms with Gasteiger partial charge in [0.25, 0.3) is 0 Å². The molecule has 2 aromatic heterocycles. The highest BCUT2D eigenvalue weighted by molar-refractivity contribution is 6.02. The van der Waals surface area contributed by atoms with Gasteiger partial charge in [-0.1, -0.05) is 96.9 Å². The molecule has 0 unspecified atom stereocenters. The lowest BCUT2D eigenvalue weighted by Gasteiger charge is -2.32. The van der Waals surface area contributed by atoms with E-state index in [0.717, 1.165) is 0 Å². The monoisotopic (exact) mass is 1840 g/mol. The van der Waals surface area contributed by atoms with Gasteiger partial charge >= 0.3 is 17.9 Å². The molecular weight excluding hydrogens is 1700 g/mol.